The van der Waals surface area contributed by atoms with E-state index in [1.165, 1.54) is 4.57 Å². The van der Waals surface area contributed by atoms with Crippen LogP contribution < -0.4 is 21.9 Å². The van der Waals surface area contributed by atoms with Gasteiger partial charge in [-0.05, 0) is 24.3 Å². The molecule has 180 valence electrons. The highest BCUT2D eigenvalue weighted by Gasteiger charge is 2.22. The summed E-state index contributed by atoms with van der Waals surface area (Å²) < 4.78 is 3.99. The zero-order chi connectivity index (χ0) is 24.2. The summed E-state index contributed by atoms with van der Waals surface area (Å²) in [6.07, 6.45) is 5.38. The predicted molar refractivity (Wildman–Crippen MR) is 128 cm³/mol. The second-order valence-corrected chi connectivity index (χ2v) is 9.21. The monoisotopic (exact) mass is 466 g/mol. The van der Waals surface area contributed by atoms with Gasteiger partial charge in [0.25, 0.3) is 5.56 Å². The summed E-state index contributed by atoms with van der Waals surface area (Å²) >= 11 is 0. The molecule has 2 N–H and O–H groups in total. The van der Waals surface area contributed by atoms with E-state index in [-0.39, 0.29) is 29.7 Å². The summed E-state index contributed by atoms with van der Waals surface area (Å²) in [6.45, 7) is 4.19. The van der Waals surface area contributed by atoms with Crippen LogP contribution in [-0.4, -0.2) is 36.7 Å². The normalized spacial score (nSPS) is 14.1. The van der Waals surface area contributed by atoms with Gasteiger partial charge in [0.2, 0.25) is 5.91 Å². The second-order valence-electron chi connectivity index (χ2n) is 9.21. The molecule has 0 bridgehead atoms. The molecule has 0 aliphatic heterocycles. The minimum Gasteiger partial charge on any atom is -0.335 e. The Hall–Kier alpha value is -3.69. The molecule has 1 fully saturated rings. The summed E-state index contributed by atoms with van der Waals surface area (Å²) in [4.78, 5) is 55.8. The Kier molecular flexibility index (Phi) is 6.95. The maximum atomic E-state index is 13.3. The van der Waals surface area contributed by atoms with Crippen molar-refractivity contribution >= 4 is 23.1 Å². The number of carbonyl (C=O) groups is 2. The first kappa shape index (κ1) is 23.5. The average molecular weight is 467 g/mol. The molecule has 10 heteroatoms. The Morgan fingerprint density at radius 2 is 1.79 bits per heavy atom. The fraction of sp³-hybridized carbons (Fsp3) is 0.458. The fourth-order valence-electron chi connectivity index (χ4n) is 4.42. The van der Waals surface area contributed by atoms with Crippen LogP contribution >= 0.6 is 0 Å². The molecular formula is C24H30N6O4. The van der Waals surface area contributed by atoms with E-state index in [4.69, 9.17) is 0 Å². The van der Waals surface area contributed by atoms with Gasteiger partial charge in [0.05, 0.1) is 12.9 Å². The predicted octanol–water partition coefficient (Wildman–Crippen LogP) is 1.83. The number of benzene rings is 1. The van der Waals surface area contributed by atoms with Crippen molar-refractivity contribution in [3.05, 3.63) is 63.1 Å². The fourth-order valence-corrected chi connectivity index (χ4v) is 4.42. The standard InChI is InChI=1S/C24H30N6O4/c1-16(2)12-28-15-25-21-20(28)22(32)30(24(34)29(21)13-17-8-4-3-5-9-17)14-19(31)27-23(33)26-18-10-6-7-11-18/h3-5,8-9,15-16,18H,6-7,10-14H2,1-2H3,(H2,26,27,31,33). The number of fused-ring (bicyclic) bond motifs is 1. The van der Waals surface area contributed by atoms with Crippen molar-refractivity contribution < 1.29 is 9.59 Å². The molecule has 0 atom stereocenters. The number of imidazole rings is 1. The maximum Gasteiger partial charge on any atom is 0.333 e. The van der Waals surface area contributed by atoms with Crippen LogP contribution in [0.4, 0.5) is 4.79 Å². The third-order valence-corrected chi connectivity index (χ3v) is 5.97. The maximum absolute atomic E-state index is 13.3. The Labute approximate surface area is 196 Å². The highest BCUT2D eigenvalue weighted by Crippen LogP contribution is 2.17. The number of imide groups is 1. The molecule has 34 heavy (non-hydrogen) atoms. The van der Waals surface area contributed by atoms with Crippen LogP contribution in [0.2, 0.25) is 0 Å². The molecular weight excluding hydrogens is 436 g/mol. The van der Waals surface area contributed by atoms with Gasteiger partial charge in [-0.1, -0.05) is 57.0 Å². The number of aromatic nitrogens is 4. The van der Waals surface area contributed by atoms with E-state index >= 15 is 0 Å². The van der Waals surface area contributed by atoms with Crippen LogP contribution in [0, 0.1) is 5.92 Å². The molecule has 1 saturated carbocycles. The molecule has 10 nitrogen and oxygen atoms in total. The quantitative estimate of drug-likeness (QED) is 0.551. The Morgan fingerprint density at radius 3 is 2.47 bits per heavy atom. The Balaban J connectivity index is 1.68. The van der Waals surface area contributed by atoms with Crippen molar-refractivity contribution in [3.63, 3.8) is 0 Å². The first-order valence-corrected chi connectivity index (χ1v) is 11.7. The number of nitrogens with one attached hydrogen (secondary N) is 2. The van der Waals surface area contributed by atoms with E-state index in [1.54, 1.807) is 10.9 Å². The van der Waals surface area contributed by atoms with Crippen LogP contribution in [-0.2, 0) is 24.4 Å². The van der Waals surface area contributed by atoms with Crippen LogP contribution in [0.15, 0.2) is 46.2 Å². The topological polar surface area (TPSA) is 120 Å². The molecule has 2 aromatic heterocycles. The van der Waals surface area contributed by atoms with Crippen molar-refractivity contribution in [1.29, 1.82) is 0 Å². The zero-order valence-corrected chi connectivity index (χ0v) is 19.5. The number of carbonyl (C=O) groups excluding carboxylic acids is 2. The SMILES string of the molecule is CC(C)Cn1cnc2c1c(=O)n(CC(=O)NC(=O)NC1CCCC1)c(=O)n2Cc1ccccc1. The van der Waals surface area contributed by atoms with Gasteiger partial charge < -0.3 is 9.88 Å². The minimum atomic E-state index is -0.727. The molecule has 0 unspecified atom stereocenters. The lowest BCUT2D eigenvalue weighted by molar-refractivity contribution is -0.120. The third-order valence-electron chi connectivity index (χ3n) is 5.97. The third kappa shape index (κ3) is 5.11. The van der Waals surface area contributed by atoms with Gasteiger partial charge >= 0.3 is 11.7 Å². The molecule has 0 spiro atoms. The lowest BCUT2D eigenvalue weighted by atomic mass is 10.2. The molecule has 3 amide bonds. The van der Waals surface area contributed by atoms with E-state index in [1.807, 2.05) is 44.2 Å². The number of rotatable bonds is 7. The van der Waals surface area contributed by atoms with Gasteiger partial charge in [0.1, 0.15) is 6.54 Å². The highest BCUT2D eigenvalue weighted by molar-refractivity contribution is 5.94. The van der Waals surface area contributed by atoms with Gasteiger partial charge in [0, 0.05) is 12.6 Å². The highest BCUT2D eigenvalue weighted by atomic mass is 16.2. The van der Waals surface area contributed by atoms with Crippen molar-refractivity contribution in [3.8, 4) is 0 Å². The summed E-state index contributed by atoms with van der Waals surface area (Å²) in [5.41, 5.74) is 0.133. The molecule has 0 radical (unpaired) electrons. The number of nitrogens with zero attached hydrogens (tertiary/aromatic N) is 4. The molecule has 2 heterocycles. The van der Waals surface area contributed by atoms with E-state index < -0.39 is 29.7 Å². The first-order valence-electron chi connectivity index (χ1n) is 11.7. The van der Waals surface area contributed by atoms with Crippen LogP contribution in [0.1, 0.15) is 45.1 Å². The summed E-state index contributed by atoms with van der Waals surface area (Å²) in [6, 6.07) is 8.78. The molecule has 3 aromatic rings. The van der Waals surface area contributed by atoms with Crippen LogP contribution in [0.25, 0.3) is 11.2 Å². The Bertz CT molecular complexity index is 1300. The number of urea groups is 1. The second kappa shape index (κ2) is 10.1. The minimum absolute atomic E-state index is 0.0420. The molecule has 1 aliphatic carbocycles. The summed E-state index contributed by atoms with van der Waals surface area (Å²) in [7, 11) is 0. The first-order chi connectivity index (χ1) is 16.3. The van der Waals surface area contributed by atoms with Crippen molar-refractivity contribution in [2.24, 2.45) is 5.92 Å². The average Bonchev–Trinajstić information content (AvgIpc) is 3.44. The van der Waals surface area contributed by atoms with Crippen LogP contribution in [0.3, 0.4) is 0 Å². The lowest BCUT2D eigenvalue weighted by Gasteiger charge is -2.14. The summed E-state index contributed by atoms with van der Waals surface area (Å²) in [5, 5.41) is 5.02. The number of amides is 3. The largest absolute Gasteiger partial charge is 0.335 e. The smallest absolute Gasteiger partial charge is 0.333 e. The van der Waals surface area contributed by atoms with E-state index in [2.05, 4.69) is 15.6 Å². The van der Waals surface area contributed by atoms with Crippen molar-refractivity contribution in [2.45, 2.75) is 65.2 Å². The Morgan fingerprint density at radius 1 is 1.09 bits per heavy atom. The van der Waals surface area contributed by atoms with Gasteiger partial charge in [-0.25, -0.2) is 19.1 Å². The van der Waals surface area contributed by atoms with Crippen molar-refractivity contribution in [2.75, 3.05) is 0 Å². The molecule has 1 aliphatic rings. The van der Waals surface area contributed by atoms with Gasteiger partial charge in [-0.15, -0.1) is 0 Å². The van der Waals surface area contributed by atoms with Crippen molar-refractivity contribution in [1.82, 2.24) is 29.3 Å². The molecule has 0 saturated heterocycles. The molecule has 4 rings (SSSR count). The van der Waals surface area contributed by atoms with Gasteiger partial charge in [0.15, 0.2) is 11.2 Å². The van der Waals surface area contributed by atoms with E-state index in [9.17, 15) is 19.2 Å². The molecule has 1 aromatic carbocycles. The number of hydrogen-bond donors (Lipinski definition) is 2. The van der Waals surface area contributed by atoms with Crippen LogP contribution in [0.5, 0.6) is 0 Å². The number of hydrogen-bond acceptors (Lipinski definition) is 5. The zero-order valence-electron chi connectivity index (χ0n) is 19.5. The summed E-state index contributed by atoms with van der Waals surface area (Å²) in [5.74, 6) is -0.488. The van der Waals surface area contributed by atoms with E-state index in [0.29, 0.717) is 6.54 Å². The lowest BCUT2D eigenvalue weighted by Crippen LogP contribution is -2.48. The van der Waals surface area contributed by atoms with Gasteiger partial charge in [-0.3, -0.25) is 19.5 Å². The van der Waals surface area contributed by atoms with E-state index in [0.717, 1.165) is 35.8 Å². The van der Waals surface area contributed by atoms with Gasteiger partial charge in [-0.2, -0.15) is 0 Å².